The summed E-state index contributed by atoms with van der Waals surface area (Å²) in [6, 6.07) is 2.19. The molecule has 1 aromatic heterocycles. The van der Waals surface area contributed by atoms with Crippen molar-refractivity contribution < 1.29 is 4.79 Å². The molecule has 2 heterocycles. The molecule has 0 bridgehead atoms. The summed E-state index contributed by atoms with van der Waals surface area (Å²) >= 11 is 1.48. The lowest BCUT2D eigenvalue weighted by Crippen LogP contribution is -2.43. The van der Waals surface area contributed by atoms with Gasteiger partial charge >= 0.3 is 0 Å². The Morgan fingerprint density at radius 3 is 2.60 bits per heavy atom. The van der Waals surface area contributed by atoms with Gasteiger partial charge in [-0.1, -0.05) is 32.5 Å². The first-order valence-corrected chi connectivity index (χ1v) is 9.80. The number of aromatic nitrogens is 2. The van der Waals surface area contributed by atoms with Crippen LogP contribution in [0.25, 0.3) is 0 Å². The van der Waals surface area contributed by atoms with E-state index in [9.17, 15) is 10.1 Å². The van der Waals surface area contributed by atoms with Crippen molar-refractivity contribution in [2.24, 2.45) is 11.3 Å². The van der Waals surface area contributed by atoms with Crippen LogP contribution in [0.5, 0.6) is 0 Å². The second-order valence-electron chi connectivity index (χ2n) is 7.57. The fraction of sp³-hybridized carbons (Fsp3) is 0.667. The summed E-state index contributed by atoms with van der Waals surface area (Å²) in [5.41, 5.74) is 0.183. The highest BCUT2D eigenvalue weighted by molar-refractivity contribution is 7.98. The van der Waals surface area contributed by atoms with Crippen LogP contribution in [0.4, 0.5) is 5.82 Å². The molecule has 0 atom stereocenters. The minimum atomic E-state index is -0.341. The molecule has 1 amide bonds. The SMILES string of the molecule is CSc1ncc(C#N)c(N2CCC(CN(C)C(=O)C(C)(C)C)CC2)n1. The van der Waals surface area contributed by atoms with Crippen LogP contribution in [0.1, 0.15) is 39.2 Å². The summed E-state index contributed by atoms with van der Waals surface area (Å²) in [5, 5.41) is 10.00. The maximum Gasteiger partial charge on any atom is 0.227 e. The summed E-state index contributed by atoms with van der Waals surface area (Å²) in [5.74, 6) is 1.40. The Labute approximate surface area is 154 Å². The van der Waals surface area contributed by atoms with Gasteiger partial charge < -0.3 is 9.80 Å². The zero-order valence-corrected chi connectivity index (χ0v) is 16.6. The molecule has 0 aliphatic carbocycles. The van der Waals surface area contributed by atoms with Crippen molar-refractivity contribution in [1.29, 1.82) is 5.26 Å². The molecule has 2 rings (SSSR count). The molecule has 1 aromatic rings. The van der Waals surface area contributed by atoms with Crippen LogP contribution < -0.4 is 4.90 Å². The van der Waals surface area contributed by atoms with E-state index >= 15 is 0 Å². The molecule has 136 valence electrons. The van der Waals surface area contributed by atoms with E-state index in [1.165, 1.54) is 11.8 Å². The molecule has 0 spiro atoms. The van der Waals surface area contributed by atoms with Gasteiger partial charge in [0, 0.05) is 32.1 Å². The average Bonchev–Trinajstić information content (AvgIpc) is 2.60. The molecule has 0 radical (unpaired) electrons. The summed E-state index contributed by atoms with van der Waals surface area (Å²) < 4.78 is 0. The highest BCUT2D eigenvalue weighted by atomic mass is 32.2. The van der Waals surface area contributed by atoms with Gasteiger partial charge in [0.1, 0.15) is 11.6 Å². The molecule has 25 heavy (non-hydrogen) atoms. The Morgan fingerprint density at radius 1 is 1.44 bits per heavy atom. The van der Waals surface area contributed by atoms with Crippen LogP contribution in [0.2, 0.25) is 0 Å². The molecule has 0 aromatic carbocycles. The Hall–Kier alpha value is -1.81. The van der Waals surface area contributed by atoms with E-state index in [1.807, 2.05) is 39.0 Å². The first kappa shape index (κ1) is 19.5. The molecule has 7 heteroatoms. The quantitative estimate of drug-likeness (QED) is 0.606. The molecule has 0 unspecified atom stereocenters. The maximum atomic E-state index is 12.3. The number of rotatable bonds is 4. The predicted molar refractivity (Wildman–Crippen MR) is 101 cm³/mol. The minimum absolute atomic E-state index is 0.183. The number of nitrogens with zero attached hydrogens (tertiary/aromatic N) is 5. The fourth-order valence-corrected chi connectivity index (χ4v) is 3.48. The number of carbonyl (C=O) groups excluding carboxylic acids is 1. The van der Waals surface area contributed by atoms with E-state index in [1.54, 1.807) is 6.20 Å². The van der Waals surface area contributed by atoms with Crippen LogP contribution in [-0.2, 0) is 4.79 Å². The van der Waals surface area contributed by atoms with Gasteiger partial charge in [-0.05, 0) is 25.0 Å². The summed E-state index contributed by atoms with van der Waals surface area (Å²) in [6.45, 7) is 8.35. The van der Waals surface area contributed by atoms with E-state index in [0.29, 0.717) is 16.6 Å². The lowest BCUT2D eigenvalue weighted by atomic mass is 9.92. The average molecular weight is 362 g/mol. The van der Waals surface area contributed by atoms with Gasteiger partial charge in [0.15, 0.2) is 11.0 Å². The second kappa shape index (κ2) is 8.05. The van der Waals surface area contributed by atoms with Crippen LogP contribution in [0.15, 0.2) is 11.4 Å². The minimum Gasteiger partial charge on any atom is -0.355 e. The fourth-order valence-electron chi connectivity index (χ4n) is 3.15. The predicted octanol–water partition coefficient (Wildman–Crippen LogP) is 2.79. The van der Waals surface area contributed by atoms with Gasteiger partial charge in [-0.25, -0.2) is 9.97 Å². The summed E-state index contributed by atoms with van der Waals surface area (Å²) in [4.78, 5) is 25.1. The first-order valence-electron chi connectivity index (χ1n) is 8.58. The smallest absolute Gasteiger partial charge is 0.227 e. The highest BCUT2D eigenvalue weighted by Gasteiger charge is 2.28. The normalized spacial score (nSPS) is 15.8. The van der Waals surface area contributed by atoms with E-state index in [-0.39, 0.29) is 11.3 Å². The maximum absolute atomic E-state index is 12.3. The lowest BCUT2D eigenvalue weighted by molar-refractivity contribution is -0.138. The van der Waals surface area contributed by atoms with Gasteiger partial charge in [-0.2, -0.15) is 5.26 Å². The van der Waals surface area contributed by atoms with Gasteiger partial charge in [-0.3, -0.25) is 4.79 Å². The van der Waals surface area contributed by atoms with Gasteiger partial charge in [-0.15, -0.1) is 0 Å². The Kier molecular flexibility index (Phi) is 6.28. The molecular weight excluding hydrogens is 334 g/mol. The van der Waals surface area contributed by atoms with Gasteiger partial charge in [0.25, 0.3) is 0 Å². The van der Waals surface area contributed by atoms with E-state index in [2.05, 4.69) is 20.9 Å². The van der Waals surface area contributed by atoms with Crippen molar-refractivity contribution in [3.05, 3.63) is 11.8 Å². The molecule has 1 aliphatic rings. The first-order chi connectivity index (χ1) is 11.8. The van der Waals surface area contributed by atoms with Crippen LogP contribution in [-0.4, -0.2) is 53.7 Å². The van der Waals surface area contributed by atoms with E-state index in [0.717, 1.165) is 38.3 Å². The third-order valence-electron chi connectivity index (χ3n) is 4.48. The van der Waals surface area contributed by atoms with Crippen molar-refractivity contribution in [1.82, 2.24) is 14.9 Å². The number of thioether (sulfide) groups is 1. The largest absolute Gasteiger partial charge is 0.355 e. The number of anilines is 1. The van der Waals surface area contributed by atoms with Gasteiger partial charge in [0.05, 0.1) is 6.20 Å². The molecule has 1 saturated heterocycles. The summed E-state index contributed by atoms with van der Waals surface area (Å²) in [6.07, 6.45) is 5.52. The third kappa shape index (κ3) is 4.85. The van der Waals surface area contributed by atoms with Crippen LogP contribution in [0, 0.1) is 22.7 Å². The van der Waals surface area contributed by atoms with Crippen molar-refractivity contribution in [3.8, 4) is 6.07 Å². The van der Waals surface area contributed by atoms with Crippen LogP contribution in [0.3, 0.4) is 0 Å². The number of piperidine rings is 1. The number of amides is 1. The van der Waals surface area contributed by atoms with Crippen molar-refractivity contribution in [2.45, 2.75) is 38.8 Å². The zero-order chi connectivity index (χ0) is 18.6. The third-order valence-corrected chi connectivity index (χ3v) is 5.05. The number of nitriles is 1. The number of hydrogen-bond acceptors (Lipinski definition) is 6. The summed E-state index contributed by atoms with van der Waals surface area (Å²) in [7, 11) is 1.89. The second-order valence-corrected chi connectivity index (χ2v) is 8.35. The van der Waals surface area contributed by atoms with Gasteiger partial charge in [0.2, 0.25) is 5.91 Å². The van der Waals surface area contributed by atoms with Crippen molar-refractivity contribution in [3.63, 3.8) is 0 Å². The van der Waals surface area contributed by atoms with Crippen molar-refractivity contribution in [2.75, 3.05) is 37.8 Å². The Bertz CT molecular complexity index is 656. The molecular formula is C18H27N5OS. The number of hydrogen-bond donors (Lipinski definition) is 0. The molecule has 0 saturated carbocycles. The van der Waals surface area contributed by atoms with E-state index in [4.69, 9.17) is 0 Å². The van der Waals surface area contributed by atoms with Crippen molar-refractivity contribution >= 4 is 23.5 Å². The number of carbonyl (C=O) groups is 1. The molecule has 1 aliphatic heterocycles. The lowest BCUT2D eigenvalue weighted by Gasteiger charge is -2.36. The Morgan fingerprint density at radius 2 is 2.08 bits per heavy atom. The molecule has 1 fully saturated rings. The highest BCUT2D eigenvalue weighted by Crippen LogP contribution is 2.27. The zero-order valence-electron chi connectivity index (χ0n) is 15.7. The molecule has 0 N–H and O–H groups in total. The Balaban J connectivity index is 1.98. The standard InChI is InChI=1S/C18H27N5OS/c1-18(2,3)16(24)22(4)12-13-6-8-23(9-7-13)15-14(10-19)11-20-17(21-15)25-5/h11,13H,6-9,12H2,1-5H3. The van der Waals surface area contributed by atoms with Crippen LogP contribution >= 0.6 is 11.8 Å². The monoisotopic (exact) mass is 361 g/mol. The molecule has 6 nitrogen and oxygen atoms in total. The van der Waals surface area contributed by atoms with E-state index < -0.39 is 0 Å². The topological polar surface area (TPSA) is 73.1 Å².